The Kier molecular flexibility index (Phi) is 4.34. The molecular weight excluding hydrogens is 314 g/mol. The van der Waals surface area contributed by atoms with Crippen molar-refractivity contribution in [2.24, 2.45) is 11.8 Å². The lowest BCUT2D eigenvalue weighted by Gasteiger charge is -2.20. The van der Waals surface area contributed by atoms with E-state index in [9.17, 15) is 4.79 Å². The molecule has 4 rings (SSSR count). The molecule has 0 spiro atoms. The molecule has 2 heterocycles. The van der Waals surface area contributed by atoms with Crippen LogP contribution in [0.2, 0.25) is 0 Å². The van der Waals surface area contributed by atoms with Crippen molar-refractivity contribution in [2.75, 3.05) is 20.2 Å². The maximum absolute atomic E-state index is 12.6. The van der Waals surface area contributed by atoms with E-state index >= 15 is 0 Å². The number of imidazole rings is 1. The minimum atomic E-state index is 0.260. The van der Waals surface area contributed by atoms with E-state index in [1.165, 1.54) is 0 Å². The number of nitrogens with zero attached hydrogens (tertiary/aromatic N) is 3. The quantitative estimate of drug-likeness (QED) is 0.860. The molecule has 0 N–H and O–H groups in total. The molecule has 5 heteroatoms. The number of fused-ring (bicyclic) bond motifs is 1. The zero-order valence-electron chi connectivity index (χ0n) is 14.9. The van der Waals surface area contributed by atoms with Gasteiger partial charge >= 0.3 is 0 Å². The molecule has 1 fully saturated rings. The van der Waals surface area contributed by atoms with Crippen LogP contribution in [0.3, 0.4) is 0 Å². The van der Waals surface area contributed by atoms with Crippen LogP contribution >= 0.6 is 0 Å². The summed E-state index contributed by atoms with van der Waals surface area (Å²) < 4.78 is 7.52. The molecule has 0 radical (unpaired) electrons. The number of methoxy groups -OCH3 is 1. The van der Waals surface area contributed by atoms with Crippen LogP contribution in [0, 0.1) is 11.8 Å². The molecule has 2 aliphatic rings. The molecule has 1 aromatic carbocycles. The maximum Gasteiger partial charge on any atom is 0.226 e. The number of rotatable bonds is 4. The van der Waals surface area contributed by atoms with Gasteiger partial charge in [0.1, 0.15) is 5.82 Å². The highest BCUT2D eigenvalue weighted by Crippen LogP contribution is 2.39. The van der Waals surface area contributed by atoms with E-state index in [0.717, 1.165) is 55.1 Å². The molecule has 0 bridgehead atoms. The van der Waals surface area contributed by atoms with Crippen molar-refractivity contribution in [1.29, 1.82) is 0 Å². The van der Waals surface area contributed by atoms with Crippen molar-refractivity contribution >= 4 is 5.91 Å². The SMILES string of the molecule is COCc1cccc(-c2cnc3n2CCN(C(=O)[C@@H]2C[C@H]2C)CC3)c1. The number of hydrogen-bond donors (Lipinski definition) is 0. The lowest BCUT2D eigenvalue weighted by molar-refractivity contribution is -0.132. The van der Waals surface area contributed by atoms with Crippen LogP contribution in [0.5, 0.6) is 0 Å². The first-order chi connectivity index (χ1) is 12.2. The molecule has 1 saturated carbocycles. The van der Waals surface area contributed by atoms with Crippen LogP contribution in [-0.4, -0.2) is 40.6 Å². The summed E-state index contributed by atoms with van der Waals surface area (Å²) in [6.07, 6.45) is 3.84. The summed E-state index contributed by atoms with van der Waals surface area (Å²) in [6, 6.07) is 8.41. The topological polar surface area (TPSA) is 47.4 Å². The van der Waals surface area contributed by atoms with Crippen LogP contribution in [0.1, 0.15) is 24.7 Å². The molecule has 2 aromatic rings. The lowest BCUT2D eigenvalue weighted by Crippen LogP contribution is -2.35. The minimum absolute atomic E-state index is 0.260. The van der Waals surface area contributed by atoms with Gasteiger partial charge in [-0.2, -0.15) is 0 Å². The zero-order chi connectivity index (χ0) is 17.4. The molecule has 1 aromatic heterocycles. The predicted molar refractivity (Wildman–Crippen MR) is 95.9 cm³/mol. The summed E-state index contributed by atoms with van der Waals surface area (Å²) in [6.45, 7) is 5.14. The van der Waals surface area contributed by atoms with Crippen molar-refractivity contribution in [3.05, 3.63) is 41.9 Å². The monoisotopic (exact) mass is 339 g/mol. The van der Waals surface area contributed by atoms with E-state index in [1.54, 1.807) is 7.11 Å². The van der Waals surface area contributed by atoms with Crippen molar-refractivity contribution < 1.29 is 9.53 Å². The fraction of sp³-hybridized carbons (Fsp3) is 0.500. The molecule has 0 saturated heterocycles. The van der Waals surface area contributed by atoms with Gasteiger partial charge in [0, 0.05) is 44.6 Å². The molecule has 0 unspecified atom stereocenters. The van der Waals surface area contributed by atoms with Gasteiger partial charge < -0.3 is 14.2 Å². The van der Waals surface area contributed by atoms with E-state index in [4.69, 9.17) is 4.74 Å². The van der Waals surface area contributed by atoms with E-state index < -0.39 is 0 Å². The normalized spacial score (nSPS) is 22.4. The molecule has 1 aliphatic carbocycles. The van der Waals surface area contributed by atoms with Crippen molar-refractivity contribution in [1.82, 2.24) is 14.5 Å². The summed E-state index contributed by atoms with van der Waals surface area (Å²) >= 11 is 0. The summed E-state index contributed by atoms with van der Waals surface area (Å²) in [7, 11) is 1.71. The Morgan fingerprint density at radius 3 is 2.92 bits per heavy atom. The van der Waals surface area contributed by atoms with Gasteiger partial charge in [-0.1, -0.05) is 25.1 Å². The third kappa shape index (κ3) is 3.21. The first kappa shape index (κ1) is 16.3. The van der Waals surface area contributed by atoms with Crippen LogP contribution < -0.4 is 0 Å². The van der Waals surface area contributed by atoms with Crippen molar-refractivity contribution in [2.45, 2.75) is 32.9 Å². The molecule has 1 amide bonds. The summed E-state index contributed by atoms with van der Waals surface area (Å²) in [4.78, 5) is 19.2. The second-order valence-corrected chi connectivity index (χ2v) is 7.24. The Labute approximate surface area is 148 Å². The molecule has 1 aliphatic heterocycles. The number of ether oxygens (including phenoxy) is 1. The average Bonchev–Trinajstić information content (AvgIpc) is 3.27. The Bertz CT molecular complexity index is 783. The Morgan fingerprint density at radius 2 is 2.16 bits per heavy atom. The smallest absolute Gasteiger partial charge is 0.226 e. The van der Waals surface area contributed by atoms with Gasteiger partial charge in [-0.15, -0.1) is 0 Å². The fourth-order valence-electron chi connectivity index (χ4n) is 3.77. The third-order valence-electron chi connectivity index (χ3n) is 5.41. The summed E-state index contributed by atoms with van der Waals surface area (Å²) in [5.41, 5.74) is 3.44. The molecule has 25 heavy (non-hydrogen) atoms. The largest absolute Gasteiger partial charge is 0.380 e. The van der Waals surface area contributed by atoms with Gasteiger partial charge in [0.05, 0.1) is 18.5 Å². The number of benzene rings is 1. The van der Waals surface area contributed by atoms with Gasteiger partial charge in [-0.3, -0.25) is 4.79 Å². The van der Waals surface area contributed by atoms with Crippen LogP contribution in [0.25, 0.3) is 11.3 Å². The fourth-order valence-corrected chi connectivity index (χ4v) is 3.77. The second kappa shape index (κ2) is 6.64. The Hall–Kier alpha value is -2.14. The van der Waals surface area contributed by atoms with Crippen LogP contribution in [0.15, 0.2) is 30.5 Å². The first-order valence-electron chi connectivity index (χ1n) is 9.09. The molecule has 5 nitrogen and oxygen atoms in total. The first-order valence-corrected chi connectivity index (χ1v) is 9.09. The van der Waals surface area contributed by atoms with Gasteiger partial charge in [-0.05, 0) is 24.0 Å². The number of carbonyl (C=O) groups excluding carboxylic acids is 1. The van der Waals surface area contributed by atoms with Crippen molar-refractivity contribution in [3.63, 3.8) is 0 Å². The lowest BCUT2D eigenvalue weighted by atomic mass is 10.1. The van der Waals surface area contributed by atoms with E-state index in [0.29, 0.717) is 18.4 Å². The van der Waals surface area contributed by atoms with Gasteiger partial charge in [-0.25, -0.2) is 4.98 Å². The Morgan fingerprint density at radius 1 is 1.32 bits per heavy atom. The van der Waals surface area contributed by atoms with E-state index in [-0.39, 0.29) is 5.92 Å². The summed E-state index contributed by atoms with van der Waals surface area (Å²) in [5.74, 6) is 2.23. The predicted octanol–water partition coefficient (Wildman–Crippen LogP) is 2.74. The number of amides is 1. The van der Waals surface area contributed by atoms with Gasteiger partial charge in [0.15, 0.2) is 0 Å². The van der Waals surface area contributed by atoms with E-state index in [2.05, 4.69) is 40.7 Å². The number of hydrogen-bond acceptors (Lipinski definition) is 3. The third-order valence-corrected chi connectivity index (χ3v) is 5.41. The van der Waals surface area contributed by atoms with Gasteiger partial charge in [0.2, 0.25) is 5.91 Å². The highest BCUT2D eigenvalue weighted by atomic mass is 16.5. The summed E-state index contributed by atoms with van der Waals surface area (Å²) in [5, 5.41) is 0. The van der Waals surface area contributed by atoms with Crippen molar-refractivity contribution in [3.8, 4) is 11.3 Å². The highest BCUT2D eigenvalue weighted by Gasteiger charge is 2.41. The van der Waals surface area contributed by atoms with Crippen LogP contribution in [-0.2, 0) is 29.1 Å². The number of carbonyl (C=O) groups is 1. The molecular formula is C20H25N3O2. The molecule has 2 atom stereocenters. The highest BCUT2D eigenvalue weighted by molar-refractivity contribution is 5.81. The standard InChI is InChI=1S/C20H25N3O2/c1-14-10-17(14)20(24)22-7-6-19-21-12-18(23(19)9-8-22)16-5-3-4-15(11-16)13-25-2/h3-5,11-12,14,17H,6-10,13H2,1-2H3/t14-,17-/m1/s1. The number of aromatic nitrogens is 2. The Balaban J connectivity index is 1.55. The van der Waals surface area contributed by atoms with Gasteiger partial charge in [0.25, 0.3) is 0 Å². The zero-order valence-corrected chi connectivity index (χ0v) is 14.9. The maximum atomic E-state index is 12.6. The second-order valence-electron chi connectivity index (χ2n) is 7.24. The van der Waals surface area contributed by atoms with E-state index in [1.807, 2.05) is 11.1 Å². The minimum Gasteiger partial charge on any atom is -0.380 e. The van der Waals surface area contributed by atoms with Crippen LogP contribution in [0.4, 0.5) is 0 Å². The molecule has 132 valence electrons. The average molecular weight is 339 g/mol.